The van der Waals surface area contributed by atoms with Crippen molar-refractivity contribution < 1.29 is 22.7 Å². The maximum atomic E-state index is 12.9. The van der Waals surface area contributed by atoms with Gasteiger partial charge < -0.3 is 9.64 Å². The fourth-order valence-electron chi connectivity index (χ4n) is 3.61. The highest BCUT2D eigenvalue weighted by atomic mass is 32.2. The molecule has 0 aliphatic carbocycles. The summed E-state index contributed by atoms with van der Waals surface area (Å²) in [6.45, 7) is 5.05. The molecule has 8 heteroatoms. The second-order valence-corrected chi connectivity index (χ2v) is 9.09. The lowest BCUT2D eigenvalue weighted by atomic mass is 10.2. The number of carbonyl (C=O) groups excluding carboxylic acids is 2. The van der Waals surface area contributed by atoms with Crippen LogP contribution < -0.4 is 0 Å². The fourth-order valence-corrected chi connectivity index (χ4v) is 5.25. The predicted molar refractivity (Wildman–Crippen MR) is 99.5 cm³/mol. The van der Waals surface area contributed by atoms with Gasteiger partial charge in [0.2, 0.25) is 10.0 Å². The Morgan fingerprint density at radius 3 is 2.33 bits per heavy atom. The zero-order valence-electron chi connectivity index (χ0n) is 15.8. The van der Waals surface area contributed by atoms with E-state index in [-0.39, 0.29) is 17.3 Å². The molecule has 0 N–H and O–H groups in total. The van der Waals surface area contributed by atoms with Gasteiger partial charge in [0, 0.05) is 19.6 Å². The van der Waals surface area contributed by atoms with Gasteiger partial charge in [0.1, 0.15) is 6.04 Å². The summed E-state index contributed by atoms with van der Waals surface area (Å²) in [7, 11) is -3.78. The number of benzene rings is 1. The molecule has 2 unspecified atom stereocenters. The molecule has 0 bridgehead atoms. The lowest BCUT2D eigenvalue weighted by molar-refractivity contribution is -0.161. The molecule has 2 atom stereocenters. The van der Waals surface area contributed by atoms with E-state index in [9.17, 15) is 18.0 Å². The van der Waals surface area contributed by atoms with Crippen LogP contribution in [0.5, 0.6) is 0 Å². The first-order chi connectivity index (χ1) is 12.8. The van der Waals surface area contributed by atoms with Crippen molar-refractivity contribution in [3.05, 3.63) is 29.8 Å². The molecule has 0 saturated carbocycles. The van der Waals surface area contributed by atoms with Crippen LogP contribution in [-0.4, -0.2) is 61.3 Å². The van der Waals surface area contributed by atoms with Gasteiger partial charge in [-0.3, -0.25) is 9.59 Å². The third kappa shape index (κ3) is 4.16. The molecule has 2 heterocycles. The Bertz CT molecular complexity index is 800. The minimum atomic E-state index is -3.78. The van der Waals surface area contributed by atoms with Gasteiger partial charge in [-0.1, -0.05) is 17.7 Å². The summed E-state index contributed by atoms with van der Waals surface area (Å²) in [5.41, 5.74) is 0.959. The van der Waals surface area contributed by atoms with Crippen molar-refractivity contribution in [2.24, 2.45) is 0 Å². The summed E-state index contributed by atoms with van der Waals surface area (Å²) >= 11 is 0. The van der Waals surface area contributed by atoms with E-state index in [4.69, 9.17) is 4.74 Å². The minimum absolute atomic E-state index is 0.161. The molecule has 2 aliphatic rings. The molecule has 148 valence electrons. The number of esters is 1. The maximum absolute atomic E-state index is 12.9. The Balaban J connectivity index is 1.70. The number of nitrogens with zero attached hydrogens (tertiary/aromatic N) is 2. The van der Waals surface area contributed by atoms with Crippen LogP contribution in [0.3, 0.4) is 0 Å². The van der Waals surface area contributed by atoms with E-state index in [2.05, 4.69) is 0 Å². The molecule has 1 aromatic rings. The molecule has 7 nitrogen and oxygen atoms in total. The van der Waals surface area contributed by atoms with Gasteiger partial charge in [0.25, 0.3) is 5.91 Å². The summed E-state index contributed by atoms with van der Waals surface area (Å²) in [6, 6.07) is 5.67. The highest BCUT2D eigenvalue weighted by Gasteiger charge is 2.41. The molecule has 2 fully saturated rings. The van der Waals surface area contributed by atoms with Crippen molar-refractivity contribution in [2.75, 3.05) is 19.6 Å². The second-order valence-electron chi connectivity index (χ2n) is 7.20. The number of likely N-dealkylation sites (tertiary alicyclic amines) is 1. The van der Waals surface area contributed by atoms with E-state index >= 15 is 0 Å². The van der Waals surface area contributed by atoms with Crippen molar-refractivity contribution in [2.45, 2.75) is 56.6 Å². The van der Waals surface area contributed by atoms with Crippen LogP contribution in [0.25, 0.3) is 0 Å². The van der Waals surface area contributed by atoms with Crippen LogP contribution in [0.15, 0.2) is 29.2 Å². The van der Waals surface area contributed by atoms with E-state index in [1.165, 1.54) is 4.31 Å². The maximum Gasteiger partial charge on any atom is 0.325 e. The first-order valence-corrected chi connectivity index (χ1v) is 10.8. The van der Waals surface area contributed by atoms with Crippen molar-refractivity contribution in [3.63, 3.8) is 0 Å². The normalized spacial score (nSPS) is 22.0. The lowest BCUT2D eigenvalue weighted by Gasteiger charge is -2.25. The Morgan fingerprint density at radius 2 is 1.70 bits per heavy atom. The lowest BCUT2D eigenvalue weighted by Crippen LogP contribution is -2.45. The van der Waals surface area contributed by atoms with Crippen molar-refractivity contribution >= 4 is 21.9 Å². The largest absolute Gasteiger partial charge is 0.451 e. The minimum Gasteiger partial charge on any atom is -0.451 e. The summed E-state index contributed by atoms with van der Waals surface area (Å²) in [6.07, 6.45) is 1.99. The van der Waals surface area contributed by atoms with Gasteiger partial charge in [0.05, 0.1) is 4.90 Å². The highest BCUT2D eigenvalue weighted by molar-refractivity contribution is 7.89. The van der Waals surface area contributed by atoms with E-state index in [0.29, 0.717) is 25.9 Å². The van der Waals surface area contributed by atoms with Crippen LogP contribution >= 0.6 is 0 Å². The average molecular weight is 394 g/mol. The molecule has 0 radical (unpaired) electrons. The third-order valence-corrected chi connectivity index (χ3v) is 7.08. The van der Waals surface area contributed by atoms with Crippen LogP contribution in [0.1, 0.15) is 38.2 Å². The smallest absolute Gasteiger partial charge is 0.325 e. The molecular weight excluding hydrogens is 368 g/mol. The Labute approximate surface area is 160 Å². The van der Waals surface area contributed by atoms with Crippen LogP contribution in [0.2, 0.25) is 0 Å². The van der Waals surface area contributed by atoms with Gasteiger partial charge in [-0.15, -0.1) is 0 Å². The molecule has 1 amide bonds. The molecule has 27 heavy (non-hydrogen) atoms. The topological polar surface area (TPSA) is 84.0 Å². The van der Waals surface area contributed by atoms with Crippen molar-refractivity contribution in [1.82, 2.24) is 9.21 Å². The number of hydrogen-bond donors (Lipinski definition) is 0. The molecular formula is C19H26N2O5S. The number of hydrogen-bond acceptors (Lipinski definition) is 5. The van der Waals surface area contributed by atoms with Gasteiger partial charge >= 0.3 is 5.97 Å². The zero-order chi connectivity index (χ0) is 19.6. The van der Waals surface area contributed by atoms with E-state index < -0.39 is 28.1 Å². The van der Waals surface area contributed by atoms with E-state index in [0.717, 1.165) is 18.4 Å². The number of sulfonamides is 1. The van der Waals surface area contributed by atoms with Crippen LogP contribution in [0, 0.1) is 6.92 Å². The van der Waals surface area contributed by atoms with Crippen molar-refractivity contribution in [3.8, 4) is 0 Å². The van der Waals surface area contributed by atoms with Crippen molar-refractivity contribution in [1.29, 1.82) is 0 Å². The predicted octanol–water partition coefficient (Wildman–Crippen LogP) is 1.70. The molecule has 2 saturated heterocycles. The standard InChI is InChI=1S/C19H26N2O5S/c1-14-7-9-16(10-8-14)27(24,25)21-13-5-6-17(21)19(23)26-15(2)18(22)20-11-3-4-12-20/h7-10,15,17H,3-6,11-13H2,1-2H3. The SMILES string of the molecule is Cc1ccc(S(=O)(=O)N2CCCC2C(=O)OC(C)C(=O)N2CCCC2)cc1. The first-order valence-electron chi connectivity index (χ1n) is 9.38. The van der Waals surface area contributed by atoms with Gasteiger partial charge in [-0.2, -0.15) is 4.31 Å². The average Bonchev–Trinajstić information content (AvgIpc) is 3.33. The number of ether oxygens (including phenoxy) is 1. The molecule has 0 aromatic heterocycles. The van der Waals surface area contributed by atoms with E-state index in [1.807, 2.05) is 6.92 Å². The summed E-state index contributed by atoms with van der Waals surface area (Å²) in [5.74, 6) is -0.866. The number of aryl methyl sites for hydroxylation is 1. The monoisotopic (exact) mass is 394 g/mol. The molecule has 0 spiro atoms. The first kappa shape index (κ1) is 19.8. The third-order valence-electron chi connectivity index (χ3n) is 5.16. The quantitative estimate of drug-likeness (QED) is 0.710. The number of carbonyl (C=O) groups is 2. The van der Waals surface area contributed by atoms with Crippen LogP contribution in [-0.2, 0) is 24.3 Å². The summed E-state index contributed by atoms with van der Waals surface area (Å²) < 4.78 is 32.4. The highest BCUT2D eigenvalue weighted by Crippen LogP contribution is 2.27. The summed E-state index contributed by atoms with van der Waals surface area (Å²) in [4.78, 5) is 26.8. The number of rotatable bonds is 5. The van der Waals surface area contributed by atoms with Gasteiger partial charge in [0.15, 0.2) is 6.10 Å². The Morgan fingerprint density at radius 1 is 1.07 bits per heavy atom. The number of amides is 1. The van der Waals surface area contributed by atoms with Gasteiger partial charge in [-0.25, -0.2) is 8.42 Å². The Hall–Kier alpha value is -1.93. The molecule has 3 rings (SSSR count). The Kier molecular flexibility index (Phi) is 5.86. The van der Waals surface area contributed by atoms with Crippen LogP contribution in [0.4, 0.5) is 0 Å². The van der Waals surface area contributed by atoms with Gasteiger partial charge in [-0.05, 0) is 51.7 Å². The molecule has 1 aromatic carbocycles. The zero-order valence-corrected chi connectivity index (χ0v) is 16.6. The van der Waals surface area contributed by atoms with E-state index in [1.54, 1.807) is 36.1 Å². The molecule has 2 aliphatic heterocycles. The summed E-state index contributed by atoms with van der Waals surface area (Å²) in [5, 5.41) is 0. The fraction of sp³-hybridized carbons (Fsp3) is 0.579. The second kappa shape index (κ2) is 7.98.